The van der Waals surface area contributed by atoms with E-state index >= 15 is 0 Å². The summed E-state index contributed by atoms with van der Waals surface area (Å²) in [6.45, 7) is 5.25. The highest BCUT2D eigenvalue weighted by atomic mass is 79.9. The van der Waals surface area contributed by atoms with Gasteiger partial charge in [-0.25, -0.2) is 4.39 Å². The Morgan fingerprint density at radius 1 is 1.41 bits per heavy atom. The smallest absolute Gasteiger partial charge is 0.137 e. The first-order valence-electron chi connectivity index (χ1n) is 5.92. The monoisotopic (exact) mass is 319 g/mol. The standard InChI is InChI=1S/C13H19BrFNS/c1-3-16-11(9-17-4-2)7-10-5-6-13(15)12(14)8-10/h5-6,8,11,16H,3-4,7,9H2,1-2H3. The highest BCUT2D eigenvalue weighted by Crippen LogP contribution is 2.18. The van der Waals surface area contributed by atoms with Crippen LogP contribution in [0.25, 0.3) is 0 Å². The molecular weight excluding hydrogens is 301 g/mol. The third-order valence-corrected chi connectivity index (χ3v) is 4.14. The molecule has 0 aromatic heterocycles. The van der Waals surface area contributed by atoms with Crippen molar-refractivity contribution in [3.05, 3.63) is 34.1 Å². The van der Waals surface area contributed by atoms with Crippen LogP contribution in [0.3, 0.4) is 0 Å². The molecule has 96 valence electrons. The van der Waals surface area contributed by atoms with Gasteiger partial charge < -0.3 is 5.32 Å². The van der Waals surface area contributed by atoms with E-state index in [0.717, 1.165) is 24.5 Å². The van der Waals surface area contributed by atoms with Crippen LogP contribution in [0.5, 0.6) is 0 Å². The molecule has 0 fully saturated rings. The Morgan fingerprint density at radius 3 is 2.76 bits per heavy atom. The van der Waals surface area contributed by atoms with E-state index in [1.54, 1.807) is 0 Å². The average molecular weight is 320 g/mol. The van der Waals surface area contributed by atoms with Crippen molar-refractivity contribution in [3.8, 4) is 0 Å². The molecule has 0 saturated heterocycles. The summed E-state index contributed by atoms with van der Waals surface area (Å²) < 4.78 is 13.7. The topological polar surface area (TPSA) is 12.0 Å². The summed E-state index contributed by atoms with van der Waals surface area (Å²) in [4.78, 5) is 0. The summed E-state index contributed by atoms with van der Waals surface area (Å²) in [5.74, 6) is 2.03. The van der Waals surface area contributed by atoms with Crippen molar-refractivity contribution >= 4 is 27.7 Å². The van der Waals surface area contributed by atoms with Gasteiger partial charge >= 0.3 is 0 Å². The molecule has 1 unspecified atom stereocenters. The van der Waals surface area contributed by atoms with Crippen molar-refractivity contribution in [1.82, 2.24) is 5.32 Å². The number of likely N-dealkylation sites (N-methyl/N-ethyl adjacent to an activating group) is 1. The summed E-state index contributed by atoms with van der Waals surface area (Å²) in [5, 5.41) is 3.47. The van der Waals surface area contributed by atoms with Gasteiger partial charge in [-0.2, -0.15) is 11.8 Å². The van der Waals surface area contributed by atoms with Gasteiger partial charge in [0.2, 0.25) is 0 Å². The van der Waals surface area contributed by atoms with E-state index in [1.165, 1.54) is 11.6 Å². The van der Waals surface area contributed by atoms with Gasteiger partial charge in [-0.05, 0) is 52.3 Å². The normalized spacial score (nSPS) is 12.7. The molecular formula is C13H19BrFNS. The first-order valence-corrected chi connectivity index (χ1v) is 7.87. The van der Waals surface area contributed by atoms with Crippen LogP contribution < -0.4 is 5.32 Å². The second-order valence-electron chi connectivity index (χ2n) is 3.87. The second kappa shape index (κ2) is 8.11. The van der Waals surface area contributed by atoms with Crippen LogP contribution in [0.1, 0.15) is 19.4 Å². The quantitative estimate of drug-likeness (QED) is 0.819. The molecule has 0 amide bonds. The van der Waals surface area contributed by atoms with Crippen molar-refractivity contribution in [2.75, 3.05) is 18.1 Å². The van der Waals surface area contributed by atoms with Gasteiger partial charge in [-0.3, -0.25) is 0 Å². The summed E-state index contributed by atoms with van der Waals surface area (Å²) in [5.41, 5.74) is 1.17. The molecule has 0 spiro atoms. The Kier molecular flexibility index (Phi) is 7.16. The number of thioether (sulfide) groups is 1. The van der Waals surface area contributed by atoms with E-state index in [2.05, 4.69) is 35.1 Å². The van der Waals surface area contributed by atoms with Crippen LogP contribution in [0.15, 0.2) is 22.7 Å². The van der Waals surface area contributed by atoms with Gasteiger partial charge in [0.05, 0.1) is 4.47 Å². The third-order valence-electron chi connectivity index (χ3n) is 2.48. The molecule has 4 heteroatoms. The Balaban J connectivity index is 2.61. The molecule has 0 bridgehead atoms. The van der Waals surface area contributed by atoms with Gasteiger partial charge in [-0.15, -0.1) is 0 Å². The van der Waals surface area contributed by atoms with Crippen molar-refractivity contribution in [2.45, 2.75) is 26.3 Å². The van der Waals surface area contributed by atoms with E-state index in [1.807, 2.05) is 23.9 Å². The minimum atomic E-state index is -0.198. The predicted octanol–water partition coefficient (Wildman–Crippen LogP) is 3.86. The van der Waals surface area contributed by atoms with Crippen LogP contribution in [-0.4, -0.2) is 24.1 Å². The Labute approximate surface area is 116 Å². The number of hydrogen-bond acceptors (Lipinski definition) is 2. The lowest BCUT2D eigenvalue weighted by molar-refractivity contribution is 0.570. The van der Waals surface area contributed by atoms with Crippen LogP contribution in [0.2, 0.25) is 0 Å². The molecule has 0 aliphatic carbocycles. The molecule has 17 heavy (non-hydrogen) atoms. The summed E-state index contributed by atoms with van der Waals surface area (Å²) >= 11 is 5.16. The van der Waals surface area contributed by atoms with Crippen molar-refractivity contribution in [3.63, 3.8) is 0 Å². The van der Waals surface area contributed by atoms with E-state index in [9.17, 15) is 4.39 Å². The lowest BCUT2D eigenvalue weighted by Crippen LogP contribution is -2.33. The van der Waals surface area contributed by atoms with Gasteiger partial charge in [0.25, 0.3) is 0 Å². The average Bonchev–Trinajstić information content (AvgIpc) is 2.31. The zero-order chi connectivity index (χ0) is 12.7. The Morgan fingerprint density at radius 2 is 2.18 bits per heavy atom. The predicted molar refractivity (Wildman–Crippen MR) is 78.3 cm³/mol. The number of halogens is 2. The van der Waals surface area contributed by atoms with Crippen molar-refractivity contribution in [1.29, 1.82) is 0 Å². The fourth-order valence-electron chi connectivity index (χ4n) is 1.69. The molecule has 0 aliphatic heterocycles. The number of nitrogens with one attached hydrogen (secondary N) is 1. The first-order chi connectivity index (χ1) is 8.17. The highest BCUT2D eigenvalue weighted by Gasteiger charge is 2.09. The second-order valence-corrected chi connectivity index (χ2v) is 6.04. The van der Waals surface area contributed by atoms with Crippen LogP contribution in [0, 0.1) is 5.82 Å². The van der Waals surface area contributed by atoms with E-state index in [-0.39, 0.29) is 5.82 Å². The zero-order valence-corrected chi connectivity index (χ0v) is 12.7. The maximum Gasteiger partial charge on any atom is 0.137 e. The highest BCUT2D eigenvalue weighted by molar-refractivity contribution is 9.10. The van der Waals surface area contributed by atoms with Crippen molar-refractivity contribution < 1.29 is 4.39 Å². The molecule has 1 rings (SSSR count). The lowest BCUT2D eigenvalue weighted by atomic mass is 10.1. The fourth-order valence-corrected chi connectivity index (χ4v) is 2.87. The minimum absolute atomic E-state index is 0.198. The molecule has 0 radical (unpaired) electrons. The summed E-state index contributed by atoms with van der Waals surface area (Å²) in [6, 6.07) is 5.72. The van der Waals surface area contributed by atoms with Crippen molar-refractivity contribution in [2.24, 2.45) is 0 Å². The van der Waals surface area contributed by atoms with Crippen LogP contribution in [-0.2, 0) is 6.42 Å². The Bertz CT molecular complexity index is 346. The third kappa shape index (κ3) is 5.40. The van der Waals surface area contributed by atoms with Crippen LogP contribution in [0.4, 0.5) is 4.39 Å². The number of rotatable bonds is 7. The molecule has 0 aliphatic rings. The Hall–Kier alpha value is -0.0600. The number of hydrogen-bond donors (Lipinski definition) is 1. The first kappa shape index (κ1) is 15.0. The SMILES string of the molecule is CCNC(CSCC)Cc1ccc(F)c(Br)c1. The van der Waals surface area contributed by atoms with Gasteiger partial charge in [0.1, 0.15) is 5.82 Å². The molecule has 1 aromatic rings. The van der Waals surface area contributed by atoms with E-state index in [0.29, 0.717) is 10.5 Å². The summed E-state index contributed by atoms with van der Waals surface area (Å²) in [7, 11) is 0. The van der Waals surface area contributed by atoms with E-state index in [4.69, 9.17) is 0 Å². The molecule has 1 nitrogen and oxygen atoms in total. The maximum atomic E-state index is 13.1. The maximum absolute atomic E-state index is 13.1. The number of benzene rings is 1. The lowest BCUT2D eigenvalue weighted by Gasteiger charge is -2.17. The molecule has 1 atom stereocenters. The van der Waals surface area contributed by atoms with Gasteiger partial charge in [0.15, 0.2) is 0 Å². The molecule has 1 N–H and O–H groups in total. The fraction of sp³-hybridized carbons (Fsp3) is 0.538. The summed E-state index contributed by atoms with van der Waals surface area (Å²) in [6.07, 6.45) is 0.944. The van der Waals surface area contributed by atoms with E-state index < -0.39 is 0 Å². The molecule has 1 aromatic carbocycles. The minimum Gasteiger partial charge on any atom is -0.313 e. The van der Waals surface area contributed by atoms with Gasteiger partial charge in [0, 0.05) is 11.8 Å². The van der Waals surface area contributed by atoms with Gasteiger partial charge in [-0.1, -0.05) is 19.9 Å². The van der Waals surface area contributed by atoms with Crippen LogP contribution >= 0.6 is 27.7 Å². The largest absolute Gasteiger partial charge is 0.313 e. The molecule has 0 heterocycles. The molecule has 0 saturated carbocycles. The zero-order valence-electron chi connectivity index (χ0n) is 10.3.